The molecule has 1 spiro atoms. The molecular weight excluding hydrogens is 142 g/mol. The van der Waals surface area contributed by atoms with Gasteiger partial charge in [0.25, 0.3) is 0 Å². The Bertz CT molecular complexity index is 185. The van der Waals surface area contributed by atoms with Gasteiger partial charge in [-0.1, -0.05) is 0 Å². The molecule has 0 radical (unpaired) electrons. The van der Waals surface area contributed by atoms with Crippen LogP contribution in [0.25, 0.3) is 0 Å². The summed E-state index contributed by atoms with van der Waals surface area (Å²) in [5.41, 5.74) is 0.0137. The standard InChI is InChI=1S/C8H13NO2/c10-2-1-6-3-8(4-6)5-9-7(8)11/h6,10H,1-5H2,(H,9,11). The Kier molecular flexibility index (Phi) is 1.42. The van der Waals surface area contributed by atoms with Crippen molar-refractivity contribution in [1.82, 2.24) is 5.32 Å². The monoisotopic (exact) mass is 155 g/mol. The minimum absolute atomic E-state index is 0.0137. The van der Waals surface area contributed by atoms with Crippen LogP contribution in [0.4, 0.5) is 0 Å². The van der Waals surface area contributed by atoms with Crippen LogP contribution >= 0.6 is 0 Å². The number of aliphatic hydroxyl groups is 1. The highest BCUT2D eigenvalue weighted by Gasteiger charge is 2.54. The number of rotatable bonds is 2. The second-order valence-electron chi connectivity index (χ2n) is 3.75. The smallest absolute Gasteiger partial charge is 0.228 e. The van der Waals surface area contributed by atoms with E-state index >= 15 is 0 Å². The van der Waals surface area contributed by atoms with Crippen molar-refractivity contribution in [3.63, 3.8) is 0 Å². The third kappa shape index (κ3) is 0.872. The third-order valence-electron chi connectivity index (χ3n) is 2.97. The number of aliphatic hydroxyl groups excluding tert-OH is 1. The molecule has 0 aromatic carbocycles. The molecule has 62 valence electrons. The van der Waals surface area contributed by atoms with Crippen LogP contribution in [0.2, 0.25) is 0 Å². The van der Waals surface area contributed by atoms with Gasteiger partial charge in [0.15, 0.2) is 0 Å². The minimum Gasteiger partial charge on any atom is -0.396 e. The van der Waals surface area contributed by atoms with Gasteiger partial charge in [0.1, 0.15) is 0 Å². The Labute approximate surface area is 65.8 Å². The Balaban J connectivity index is 1.83. The molecule has 1 aliphatic carbocycles. The first-order chi connectivity index (χ1) is 5.27. The number of β-lactam (4-membered cyclic amide) rings is 1. The molecule has 3 nitrogen and oxygen atoms in total. The van der Waals surface area contributed by atoms with Crippen molar-refractivity contribution in [2.45, 2.75) is 19.3 Å². The molecule has 3 heteroatoms. The summed E-state index contributed by atoms with van der Waals surface area (Å²) < 4.78 is 0. The van der Waals surface area contributed by atoms with Crippen LogP contribution in [-0.4, -0.2) is 24.2 Å². The number of carbonyl (C=O) groups is 1. The number of carbonyl (C=O) groups excluding carboxylic acids is 1. The van der Waals surface area contributed by atoms with Gasteiger partial charge in [-0.2, -0.15) is 0 Å². The van der Waals surface area contributed by atoms with Crippen molar-refractivity contribution in [3.8, 4) is 0 Å². The number of amides is 1. The van der Waals surface area contributed by atoms with E-state index in [1.807, 2.05) is 0 Å². The fourth-order valence-electron chi connectivity index (χ4n) is 2.17. The maximum absolute atomic E-state index is 11.0. The van der Waals surface area contributed by atoms with E-state index in [-0.39, 0.29) is 17.9 Å². The van der Waals surface area contributed by atoms with Gasteiger partial charge in [-0.05, 0) is 25.2 Å². The van der Waals surface area contributed by atoms with Crippen LogP contribution < -0.4 is 5.32 Å². The van der Waals surface area contributed by atoms with Crippen molar-refractivity contribution in [2.75, 3.05) is 13.2 Å². The molecule has 2 rings (SSSR count). The molecule has 1 saturated carbocycles. The molecule has 2 aliphatic rings. The van der Waals surface area contributed by atoms with Gasteiger partial charge >= 0.3 is 0 Å². The average molecular weight is 155 g/mol. The van der Waals surface area contributed by atoms with Gasteiger partial charge in [-0.3, -0.25) is 4.79 Å². The summed E-state index contributed by atoms with van der Waals surface area (Å²) >= 11 is 0. The van der Waals surface area contributed by atoms with Gasteiger partial charge < -0.3 is 10.4 Å². The van der Waals surface area contributed by atoms with E-state index in [9.17, 15) is 4.79 Å². The molecule has 2 N–H and O–H groups in total. The lowest BCUT2D eigenvalue weighted by atomic mass is 9.57. The van der Waals surface area contributed by atoms with Gasteiger partial charge in [0.2, 0.25) is 5.91 Å². The third-order valence-corrected chi connectivity index (χ3v) is 2.97. The minimum atomic E-state index is 0.0137. The Morgan fingerprint density at radius 2 is 2.36 bits per heavy atom. The zero-order chi connectivity index (χ0) is 7.90. The zero-order valence-corrected chi connectivity index (χ0v) is 6.47. The molecule has 0 unspecified atom stereocenters. The Morgan fingerprint density at radius 1 is 1.64 bits per heavy atom. The summed E-state index contributed by atoms with van der Waals surface area (Å²) in [5, 5.41) is 11.4. The highest BCUT2D eigenvalue weighted by Crippen LogP contribution is 2.50. The van der Waals surface area contributed by atoms with Crippen LogP contribution in [0.5, 0.6) is 0 Å². The molecule has 1 amide bonds. The second-order valence-corrected chi connectivity index (χ2v) is 3.75. The molecular formula is C8H13NO2. The summed E-state index contributed by atoms with van der Waals surface area (Å²) in [4.78, 5) is 11.0. The number of hydrogen-bond donors (Lipinski definition) is 2. The van der Waals surface area contributed by atoms with Crippen molar-refractivity contribution in [3.05, 3.63) is 0 Å². The summed E-state index contributed by atoms with van der Waals surface area (Å²) in [5.74, 6) is 0.831. The van der Waals surface area contributed by atoms with E-state index in [2.05, 4.69) is 5.32 Å². The van der Waals surface area contributed by atoms with E-state index < -0.39 is 0 Å². The fourth-order valence-corrected chi connectivity index (χ4v) is 2.17. The SMILES string of the molecule is O=C1NCC12CC(CCO)C2. The van der Waals surface area contributed by atoms with Crippen LogP contribution in [0.1, 0.15) is 19.3 Å². The average Bonchev–Trinajstić information content (AvgIpc) is 1.92. The first kappa shape index (κ1) is 7.10. The number of hydrogen-bond acceptors (Lipinski definition) is 2. The first-order valence-corrected chi connectivity index (χ1v) is 4.16. The summed E-state index contributed by atoms with van der Waals surface area (Å²) in [7, 11) is 0. The molecule has 0 aromatic heterocycles. The summed E-state index contributed by atoms with van der Waals surface area (Å²) in [6.45, 7) is 1.14. The maximum atomic E-state index is 11.0. The lowest BCUT2D eigenvalue weighted by molar-refractivity contribution is -0.152. The van der Waals surface area contributed by atoms with Gasteiger partial charge in [-0.25, -0.2) is 0 Å². The first-order valence-electron chi connectivity index (χ1n) is 4.16. The lowest BCUT2D eigenvalue weighted by Gasteiger charge is -2.52. The quantitative estimate of drug-likeness (QED) is 0.547. The molecule has 1 aliphatic heterocycles. The largest absolute Gasteiger partial charge is 0.396 e. The van der Waals surface area contributed by atoms with Crippen molar-refractivity contribution in [2.24, 2.45) is 11.3 Å². The highest BCUT2D eigenvalue weighted by molar-refractivity contribution is 5.89. The fraction of sp³-hybridized carbons (Fsp3) is 0.875. The molecule has 1 heterocycles. The van der Waals surface area contributed by atoms with E-state index in [1.54, 1.807) is 0 Å². The summed E-state index contributed by atoms with van der Waals surface area (Å²) in [6.07, 6.45) is 2.87. The molecule has 1 saturated heterocycles. The van der Waals surface area contributed by atoms with Crippen LogP contribution in [0.15, 0.2) is 0 Å². The van der Waals surface area contributed by atoms with Crippen LogP contribution in [0.3, 0.4) is 0 Å². The Morgan fingerprint density at radius 3 is 2.73 bits per heavy atom. The topological polar surface area (TPSA) is 49.3 Å². The van der Waals surface area contributed by atoms with Gasteiger partial charge in [0.05, 0.1) is 5.41 Å². The Hall–Kier alpha value is -0.570. The van der Waals surface area contributed by atoms with Crippen molar-refractivity contribution < 1.29 is 9.90 Å². The van der Waals surface area contributed by atoms with E-state index in [1.165, 1.54) is 0 Å². The molecule has 2 fully saturated rings. The normalized spacial score (nSPS) is 41.2. The van der Waals surface area contributed by atoms with Crippen molar-refractivity contribution in [1.29, 1.82) is 0 Å². The van der Waals surface area contributed by atoms with Gasteiger partial charge in [0, 0.05) is 13.2 Å². The van der Waals surface area contributed by atoms with E-state index in [0.717, 1.165) is 25.8 Å². The van der Waals surface area contributed by atoms with Crippen LogP contribution in [-0.2, 0) is 4.79 Å². The molecule has 0 bridgehead atoms. The van der Waals surface area contributed by atoms with Gasteiger partial charge in [-0.15, -0.1) is 0 Å². The number of nitrogens with one attached hydrogen (secondary N) is 1. The molecule has 11 heavy (non-hydrogen) atoms. The lowest BCUT2D eigenvalue weighted by Crippen LogP contribution is -2.64. The van der Waals surface area contributed by atoms with E-state index in [4.69, 9.17) is 5.11 Å². The zero-order valence-electron chi connectivity index (χ0n) is 6.47. The second kappa shape index (κ2) is 2.21. The summed E-state index contributed by atoms with van der Waals surface area (Å²) in [6, 6.07) is 0. The molecule has 0 atom stereocenters. The molecule has 0 aromatic rings. The predicted molar refractivity (Wildman–Crippen MR) is 39.9 cm³/mol. The van der Waals surface area contributed by atoms with Crippen molar-refractivity contribution >= 4 is 5.91 Å². The highest BCUT2D eigenvalue weighted by atomic mass is 16.3. The predicted octanol–water partition coefficient (Wildman–Crippen LogP) is -0.105. The van der Waals surface area contributed by atoms with E-state index in [0.29, 0.717) is 5.92 Å². The maximum Gasteiger partial charge on any atom is 0.228 e. The van der Waals surface area contributed by atoms with Crippen LogP contribution in [0, 0.1) is 11.3 Å².